The van der Waals surface area contributed by atoms with E-state index in [1.54, 1.807) is 0 Å². The zero-order valence-corrected chi connectivity index (χ0v) is 21.8. The minimum Gasteiger partial charge on any atom is -0.820 e. The molecule has 0 spiro atoms. The molecule has 1 aliphatic heterocycles. The summed E-state index contributed by atoms with van der Waals surface area (Å²) in [6.45, 7) is -0.00793. The van der Waals surface area contributed by atoms with Crippen LogP contribution < -0.4 is 78.4 Å². The molecular formula is C17H12BrN2Na2O5P. The van der Waals surface area contributed by atoms with Gasteiger partial charge in [-0.3, -0.25) is 0 Å². The average Bonchev–Trinajstić information content (AvgIpc) is 3.26. The van der Waals surface area contributed by atoms with Crippen LogP contribution in [0, 0.1) is 0 Å². The Bertz CT molecular complexity index is 957. The van der Waals surface area contributed by atoms with Crippen molar-refractivity contribution in [3.8, 4) is 34.0 Å². The Morgan fingerprint density at radius 1 is 1.04 bits per heavy atom. The molecule has 2 aromatic carbocycles. The molecule has 0 atom stereocenters. The summed E-state index contributed by atoms with van der Waals surface area (Å²) in [7, 11) is -2.97. The second-order valence-electron chi connectivity index (χ2n) is 5.47. The van der Waals surface area contributed by atoms with Crippen LogP contribution in [0.2, 0.25) is 0 Å². The molecular weight excluding hydrogens is 469 g/mol. The normalized spacial score (nSPS) is 11.9. The quantitative estimate of drug-likeness (QED) is 0.280. The minimum absolute atomic E-state index is 0. The van der Waals surface area contributed by atoms with Gasteiger partial charge in [-0.15, -0.1) is 0 Å². The molecule has 0 radical (unpaired) electrons. The molecule has 28 heavy (non-hydrogen) atoms. The number of nitrogens with zero attached hydrogens (tertiary/aromatic N) is 2. The van der Waals surface area contributed by atoms with Crippen LogP contribution in [0.15, 0.2) is 53.0 Å². The van der Waals surface area contributed by atoms with E-state index in [1.165, 1.54) is 4.68 Å². The third-order valence-electron chi connectivity index (χ3n) is 3.85. The van der Waals surface area contributed by atoms with Gasteiger partial charge in [0, 0.05) is 15.6 Å². The van der Waals surface area contributed by atoms with E-state index < -0.39 is 8.60 Å². The van der Waals surface area contributed by atoms with E-state index in [4.69, 9.17) is 14.0 Å². The summed E-state index contributed by atoms with van der Waals surface area (Å²) in [5.41, 5.74) is 3.11. The van der Waals surface area contributed by atoms with Gasteiger partial charge in [-0.2, -0.15) is 13.7 Å². The van der Waals surface area contributed by atoms with Gasteiger partial charge in [0.15, 0.2) is 11.5 Å². The van der Waals surface area contributed by atoms with Crippen molar-refractivity contribution in [1.29, 1.82) is 0 Å². The van der Waals surface area contributed by atoms with Crippen LogP contribution in [0.4, 0.5) is 0 Å². The summed E-state index contributed by atoms with van der Waals surface area (Å²) >= 11 is 3.44. The Morgan fingerprint density at radius 2 is 1.82 bits per heavy atom. The number of hydrogen-bond donors (Lipinski definition) is 0. The van der Waals surface area contributed by atoms with Gasteiger partial charge in [-0.25, -0.2) is 4.68 Å². The zero-order chi connectivity index (χ0) is 18.1. The third kappa shape index (κ3) is 5.59. The van der Waals surface area contributed by atoms with Crippen molar-refractivity contribution in [2.45, 2.75) is 6.73 Å². The first-order valence-corrected chi connectivity index (χ1v) is 9.50. The second kappa shape index (κ2) is 10.9. The second-order valence-corrected chi connectivity index (χ2v) is 7.10. The van der Waals surface area contributed by atoms with E-state index in [9.17, 15) is 9.79 Å². The van der Waals surface area contributed by atoms with Gasteiger partial charge >= 0.3 is 59.1 Å². The molecule has 7 nitrogen and oxygen atoms in total. The molecule has 0 amide bonds. The van der Waals surface area contributed by atoms with Crippen molar-refractivity contribution in [3.05, 3.63) is 53.0 Å². The van der Waals surface area contributed by atoms with Crippen molar-refractivity contribution in [3.63, 3.8) is 0 Å². The number of ether oxygens (including phenoxy) is 2. The van der Waals surface area contributed by atoms with E-state index in [0.717, 1.165) is 21.3 Å². The summed E-state index contributed by atoms with van der Waals surface area (Å²) < 4.78 is 17.9. The topological polar surface area (TPSA) is 91.6 Å². The zero-order valence-electron chi connectivity index (χ0n) is 15.3. The molecule has 0 saturated carbocycles. The molecule has 2 heterocycles. The van der Waals surface area contributed by atoms with Crippen molar-refractivity contribution < 1.29 is 82.9 Å². The maximum Gasteiger partial charge on any atom is 1.00 e. The van der Waals surface area contributed by atoms with E-state index in [-0.39, 0.29) is 72.6 Å². The fraction of sp³-hybridized carbons (Fsp3) is 0.118. The number of aromatic nitrogens is 2. The van der Waals surface area contributed by atoms with Crippen LogP contribution in [0.5, 0.6) is 11.5 Å². The molecule has 0 saturated heterocycles. The Hall–Kier alpha value is 0.0400. The Morgan fingerprint density at radius 3 is 2.57 bits per heavy atom. The molecule has 1 aliphatic rings. The van der Waals surface area contributed by atoms with E-state index >= 15 is 0 Å². The van der Waals surface area contributed by atoms with E-state index in [0.29, 0.717) is 17.2 Å². The first kappa shape index (κ1) is 24.3. The monoisotopic (exact) mass is 480 g/mol. The molecule has 3 aromatic rings. The SMILES string of the molecule is [Na+].[Na+].[O-]P([O-])OCn1nc(-c2ccc3c(c2)OCO3)cc1-c1cccc(Br)c1. The number of halogens is 1. The smallest absolute Gasteiger partial charge is 0.820 e. The third-order valence-corrected chi connectivity index (χ3v) is 4.67. The number of benzene rings is 2. The number of hydrogen-bond acceptors (Lipinski definition) is 6. The largest absolute Gasteiger partial charge is 1.00 e. The molecule has 1 aromatic heterocycles. The standard InChI is InChI=1S/C17H12BrN2O5P.2Na/c18-13-3-1-2-12(6-13)15-8-14(19-20(15)9-25-26(21)22)11-4-5-16-17(7-11)24-10-23-16;;/h1-8H,9-10H2;;/q-2;2*+1. The van der Waals surface area contributed by atoms with Gasteiger partial charge in [0.25, 0.3) is 0 Å². The Balaban J connectivity index is 0.00000140. The van der Waals surface area contributed by atoms with Crippen molar-refractivity contribution >= 4 is 24.5 Å². The summed E-state index contributed by atoms with van der Waals surface area (Å²) in [4.78, 5) is 21.6. The van der Waals surface area contributed by atoms with E-state index in [1.807, 2.05) is 48.5 Å². The molecule has 0 bridgehead atoms. The molecule has 0 unspecified atom stereocenters. The van der Waals surface area contributed by atoms with Crippen LogP contribution in [-0.4, -0.2) is 16.6 Å². The van der Waals surface area contributed by atoms with Crippen molar-refractivity contribution in [2.24, 2.45) is 0 Å². The van der Waals surface area contributed by atoms with Gasteiger partial charge < -0.3 is 23.8 Å². The Kier molecular flexibility index (Phi) is 9.45. The predicted octanol–water partition coefficient (Wildman–Crippen LogP) is -3.36. The summed E-state index contributed by atoms with van der Waals surface area (Å²) in [6.07, 6.45) is 0. The molecule has 11 heteroatoms. The maximum atomic E-state index is 10.8. The van der Waals surface area contributed by atoms with Crippen molar-refractivity contribution in [1.82, 2.24) is 9.78 Å². The first-order chi connectivity index (χ1) is 12.6. The van der Waals surface area contributed by atoms with Gasteiger partial charge in [-0.1, -0.05) is 28.1 Å². The molecule has 0 N–H and O–H groups in total. The summed E-state index contributed by atoms with van der Waals surface area (Å²) in [5.74, 6) is 1.34. The van der Waals surface area contributed by atoms with Gasteiger partial charge in [-0.05, 0) is 36.4 Å². The average molecular weight is 481 g/mol. The van der Waals surface area contributed by atoms with Crippen LogP contribution in [0.3, 0.4) is 0 Å². The number of fused-ring (bicyclic) bond motifs is 1. The van der Waals surface area contributed by atoms with Gasteiger partial charge in [0.05, 0.1) is 11.4 Å². The molecule has 134 valence electrons. The molecule has 4 rings (SSSR count). The van der Waals surface area contributed by atoms with E-state index in [2.05, 4.69) is 21.0 Å². The van der Waals surface area contributed by atoms with Crippen LogP contribution in [0.1, 0.15) is 0 Å². The number of rotatable bonds is 5. The Labute approximate surface area is 215 Å². The van der Waals surface area contributed by atoms with Crippen LogP contribution in [0.25, 0.3) is 22.5 Å². The predicted molar refractivity (Wildman–Crippen MR) is 94.9 cm³/mol. The van der Waals surface area contributed by atoms with Crippen molar-refractivity contribution in [2.75, 3.05) is 6.79 Å². The van der Waals surface area contributed by atoms with Gasteiger partial charge in [0.1, 0.15) is 6.73 Å². The minimum atomic E-state index is -2.97. The maximum absolute atomic E-state index is 10.8. The molecule has 0 fully saturated rings. The fourth-order valence-corrected chi connectivity index (χ4v) is 3.30. The van der Waals surface area contributed by atoms with Gasteiger partial charge in [0.2, 0.25) is 6.79 Å². The van der Waals surface area contributed by atoms with Crippen LogP contribution in [-0.2, 0) is 11.3 Å². The first-order valence-electron chi connectivity index (χ1n) is 7.61. The van der Waals surface area contributed by atoms with Crippen LogP contribution >= 0.6 is 24.5 Å². The molecule has 0 aliphatic carbocycles. The summed E-state index contributed by atoms with van der Waals surface area (Å²) in [5, 5.41) is 4.50. The fourth-order valence-electron chi connectivity index (χ4n) is 2.69. The summed E-state index contributed by atoms with van der Waals surface area (Å²) in [6, 6.07) is 15.1.